The molecule has 0 amide bonds. The standard InChI is InChI=1S/C9H17F2NO2/c1-8(2)13-5-3-12-4-6-14-9(10,11)7-12/h8H,3-7H2,1-2H3. The fourth-order valence-corrected chi connectivity index (χ4v) is 1.32. The molecular formula is C9H17F2NO2. The summed E-state index contributed by atoms with van der Waals surface area (Å²) in [6.45, 7) is 5.20. The number of morpholine rings is 1. The third kappa shape index (κ3) is 4.30. The molecule has 0 spiro atoms. The van der Waals surface area contributed by atoms with Gasteiger partial charge in [-0.3, -0.25) is 4.90 Å². The molecule has 14 heavy (non-hydrogen) atoms. The maximum absolute atomic E-state index is 12.7. The molecule has 0 radical (unpaired) electrons. The average Bonchev–Trinajstić information content (AvgIpc) is 2.01. The van der Waals surface area contributed by atoms with E-state index in [1.807, 2.05) is 13.8 Å². The van der Waals surface area contributed by atoms with Crippen LogP contribution in [0.2, 0.25) is 0 Å². The van der Waals surface area contributed by atoms with E-state index in [1.54, 1.807) is 4.90 Å². The van der Waals surface area contributed by atoms with Crippen molar-refractivity contribution in [3.05, 3.63) is 0 Å². The maximum atomic E-state index is 12.7. The van der Waals surface area contributed by atoms with Gasteiger partial charge in [-0.25, -0.2) is 0 Å². The Kier molecular flexibility index (Phi) is 4.22. The highest BCUT2D eigenvalue weighted by Crippen LogP contribution is 2.20. The second-order valence-corrected chi connectivity index (χ2v) is 3.68. The number of rotatable bonds is 4. The normalized spacial score (nSPS) is 22.9. The molecule has 1 heterocycles. The molecule has 0 saturated carbocycles. The predicted molar refractivity (Wildman–Crippen MR) is 48.4 cm³/mol. The molecule has 0 bridgehead atoms. The first kappa shape index (κ1) is 11.8. The Labute approximate surface area is 83.0 Å². The van der Waals surface area contributed by atoms with Gasteiger partial charge in [0.05, 0.1) is 25.9 Å². The van der Waals surface area contributed by atoms with Gasteiger partial charge in [-0.15, -0.1) is 0 Å². The summed E-state index contributed by atoms with van der Waals surface area (Å²) in [6, 6.07) is 0. The Morgan fingerprint density at radius 3 is 2.79 bits per heavy atom. The van der Waals surface area contributed by atoms with Crippen molar-refractivity contribution < 1.29 is 18.3 Å². The minimum atomic E-state index is -2.99. The van der Waals surface area contributed by atoms with Gasteiger partial charge in [0.2, 0.25) is 0 Å². The second kappa shape index (κ2) is 5.00. The van der Waals surface area contributed by atoms with Gasteiger partial charge in [-0.2, -0.15) is 8.78 Å². The van der Waals surface area contributed by atoms with Crippen LogP contribution in [0.5, 0.6) is 0 Å². The Morgan fingerprint density at radius 1 is 1.50 bits per heavy atom. The van der Waals surface area contributed by atoms with Crippen molar-refractivity contribution >= 4 is 0 Å². The largest absolute Gasteiger partial charge is 0.377 e. The first-order valence-electron chi connectivity index (χ1n) is 4.85. The van der Waals surface area contributed by atoms with Crippen LogP contribution in [0.3, 0.4) is 0 Å². The van der Waals surface area contributed by atoms with Gasteiger partial charge in [-0.05, 0) is 13.8 Å². The highest BCUT2D eigenvalue weighted by Gasteiger charge is 2.36. The summed E-state index contributed by atoms with van der Waals surface area (Å²) in [5.74, 6) is 0. The minimum Gasteiger partial charge on any atom is -0.377 e. The predicted octanol–water partition coefficient (Wildman–Crippen LogP) is 1.34. The SMILES string of the molecule is CC(C)OCCN1CCOC(F)(F)C1. The summed E-state index contributed by atoms with van der Waals surface area (Å²) in [6.07, 6.45) is -2.84. The Bertz CT molecular complexity index is 176. The number of hydrogen-bond acceptors (Lipinski definition) is 3. The zero-order chi connectivity index (χ0) is 10.6. The van der Waals surface area contributed by atoms with Gasteiger partial charge < -0.3 is 9.47 Å². The molecule has 1 aliphatic rings. The van der Waals surface area contributed by atoms with Gasteiger partial charge >= 0.3 is 6.11 Å². The molecule has 0 aromatic carbocycles. The van der Waals surface area contributed by atoms with Crippen molar-refractivity contribution in [3.63, 3.8) is 0 Å². The molecule has 1 saturated heterocycles. The molecule has 1 aliphatic heterocycles. The van der Waals surface area contributed by atoms with Gasteiger partial charge in [0.15, 0.2) is 0 Å². The van der Waals surface area contributed by atoms with E-state index in [4.69, 9.17) is 4.74 Å². The molecular weight excluding hydrogens is 192 g/mol. The lowest BCUT2D eigenvalue weighted by atomic mass is 10.4. The van der Waals surface area contributed by atoms with Crippen LogP contribution in [-0.4, -0.2) is 50.0 Å². The van der Waals surface area contributed by atoms with Crippen LogP contribution in [0, 0.1) is 0 Å². The molecule has 0 aromatic rings. The zero-order valence-corrected chi connectivity index (χ0v) is 8.63. The van der Waals surface area contributed by atoms with Crippen molar-refractivity contribution in [2.45, 2.75) is 26.1 Å². The summed E-state index contributed by atoms with van der Waals surface area (Å²) in [7, 11) is 0. The monoisotopic (exact) mass is 209 g/mol. The third-order valence-electron chi connectivity index (χ3n) is 1.99. The highest BCUT2D eigenvalue weighted by molar-refractivity contribution is 4.69. The number of halogens is 2. The van der Waals surface area contributed by atoms with E-state index < -0.39 is 6.11 Å². The fourth-order valence-electron chi connectivity index (χ4n) is 1.32. The molecule has 0 unspecified atom stereocenters. The van der Waals surface area contributed by atoms with Crippen molar-refractivity contribution in [3.8, 4) is 0 Å². The van der Waals surface area contributed by atoms with Crippen molar-refractivity contribution in [2.75, 3.05) is 32.8 Å². The summed E-state index contributed by atoms with van der Waals surface area (Å²) in [5.41, 5.74) is 0. The van der Waals surface area contributed by atoms with Gasteiger partial charge in [0, 0.05) is 13.1 Å². The number of alkyl halides is 2. The smallest absolute Gasteiger partial charge is 0.368 e. The Hall–Kier alpha value is -0.260. The van der Waals surface area contributed by atoms with Crippen LogP contribution < -0.4 is 0 Å². The topological polar surface area (TPSA) is 21.7 Å². The Morgan fingerprint density at radius 2 is 2.21 bits per heavy atom. The fraction of sp³-hybridized carbons (Fsp3) is 1.00. The first-order valence-corrected chi connectivity index (χ1v) is 4.85. The number of nitrogens with zero attached hydrogens (tertiary/aromatic N) is 1. The van der Waals surface area contributed by atoms with E-state index in [9.17, 15) is 8.78 Å². The van der Waals surface area contributed by atoms with E-state index in [-0.39, 0.29) is 19.3 Å². The minimum absolute atomic E-state index is 0.0919. The lowest BCUT2D eigenvalue weighted by Gasteiger charge is -2.32. The maximum Gasteiger partial charge on any atom is 0.368 e. The van der Waals surface area contributed by atoms with Crippen LogP contribution in [0.4, 0.5) is 8.78 Å². The quantitative estimate of drug-likeness (QED) is 0.697. The molecule has 84 valence electrons. The van der Waals surface area contributed by atoms with E-state index >= 15 is 0 Å². The van der Waals surface area contributed by atoms with E-state index in [0.29, 0.717) is 19.7 Å². The zero-order valence-electron chi connectivity index (χ0n) is 8.63. The van der Waals surface area contributed by atoms with Crippen LogP contribution >= 0.6 is 0 Å². The molecule has 1 rings (SSSR count). The van der Waals surface area contributed by atoms with Gasteiger partial charge in [0.25, 0.3) is 0 Å². The summed E-state index contributed by atoms with van der Waals surface area (Å²) < 4.78 is 35.1. The average molecular weight is 209 g/mol. The molecule has 0 atom stereocenters. The molecule has 5 heteroatoms. The lowest BCUT2D eigenvalue weighted by Crippen LogP contribution is -2.47. The van der Waals surface area contributed by atoms with Crippen molar-refractivity contribution in [1.29, 1.82) is 0 Å². The summed E-state index contributed by atoms with van der Waals surface area (Å²) in [5, 5.41) is 0. The summed E-state index contributed by atoms with van der Waals surface area (Å²) >= 11 is 0. The number of ether oxygens (including phenoxy) is 2. The highest BCUT2D eigenvalue weighted by atomic mass is 19.3. The molecule has 0 aliphatic carbocycles. The van der Waals surface area contributed by atoms with E-state index in [1.165, 1.54) is 0 Å². The first-order chi connectivity index (χ1) is 6.49. The molecule has 3 nitrogen and oxygen atoms in total. The van der Waals surface area contributed by atoms with Crippen molar-refractivity contribution in [1.82, 2.24) is 4.90 Å². The Balaban J connectivity index is 2.18. The van der Waals surface area contributed by atoms with Crippen LogP contribution in [0.25, 0.3) is 0 Å². The molecule has 1 fully saturated rings. The number of hydrogen-bond donors (Lipinski definition) is 0. The lowest BCUT2D eigenvalue weighted by molar-refractivity contribution is -0.270. The van der Waals surface area contributed by atoms with E-state index in [0.717, 1.165) is 0 Å². The molecule has 0 N–H and O–H groups in total. The van der Waals surface area contributed by atoms with Crippen LogP contribution in [0.15, 0.2) is 0 Å². The van der Waals surface area contributed by atoms with Gasteiger partial charge in [-0.1, -0.05) is 0 Å². The van der Waals surface area contributed by atoms with E-state index in [2.05, 4.69) is 4.74 Å². The third-order valence-corrected chi connectivity index (χ3v) is 1.99. The second-order valence-electron chi connectivity index (χ2n) is 3.68. The van der Waals surface area contributed by atoms with Crippen LogP contribution in [-0.2, 0) is 9.47 Å². The summed E-state index contributed by atoms with van der Waals surface area (Å²) in [4.78, 5) is 1.66. The van der Waals surface area contributed by atoms with Crippen molar-refractivity contribution in [2.24, 2.45) is 0 Å². The molecule has 0 aromatic heterocycles. The van der Waals surface area contributed by atoms with Crippen LogP contribution in [0.1, 0.15) is 13.8 Å². The van der Waals surface area contributed by atoms with Gasteiger partial charge in [0.1, 0.15) is 0 Å².